The standard InChI is InChI=1S/C14H20ClNO2/c1-10-6-7-13(18-3)12(9-10)11(2)16-14(17)5-4-8-15/h6-7,9,11H,4-5,8H2,1-3H3,(H,16,17). The Labute approximate surface area is 113 Å². The van der Waals surface area contributed by atoms with E-state index in [-0.39, 0.29) is 11.9 Å². The lowest BCUT2D eigenvalue weighted by Gasteiger charge is -2.18. The molecule has 1 amide bonds. The molecule has 1 aromatic carbocycles. The number of hydrogen-bond acceptors (Lipinski definition) is 2. The van der Waals surface area contributed by atoms with Crippen LogP contribution in [-0.2, 0) is 4.79 Å². The van der Waals surface area contributed by atoms with Crippen molar-refractivity contribution >= 4 is 17.5 Å². The van der Waals surface area contributed by atoms with Crippen LogP contribution in [0.4, 0.5) is 0 Å². The highest BCUT2D eigenvalue weighted by Crippen LogP contribution is 2.26. The van der Waals surface area contributed by atoms with E-state index in [0.29, 0.717) is 18.7 Å². The molecule has 0 saturated carbocycles. The lowest BCUT2D eigenvalue weighted by molar-refractivity contribution is -0.121. The minimum Gasteiger partial charge on any atom is -0.496 e. The van der Waals surface area contributed by atoms with E-state index in [9.17, 15) is 4.79 Å². The maximum atomic E-state index is 11.7. The second-order valence-corrected chi connectivity index (χ2v) is 4.71. The van der Waals surface area contributed by atoms with Gasteiger partial charge in [0.05, 0.1) is 13.2 Å². The summed E-state index contributed by atoms with van der Waals surface area (Å²) in [5.41, 5.74) is 2.14. The average molecular weight is 270 g/mol. The zero-order chi connectivity index (χ0) is 13.5. The van der Waals surface area contributed by atoms with E-state index in [1.807, 2.05) is 32.0 Å². The number of ether oxygens (including phenoxy) is 1. The summed E-state index contributed by atoms with van der Waals surface area (Å²) in [5.74, 6) is 1.33. The average Bonchev–Trinajstić information content (AvgIpc) is 2.36. The predicted octanol–water partition coefficient (Wildman–Crippen LogP) is 3.20. The number of alkyl halides is 1. The monoisotopic (exact) mass is 269 g/mol. The Morgan fingerprint density at radius 1 is 1.50 bits per heavy atom. The van der Waals surface area contributed by atoms with Gasteiger partial charge in [0.2, 0.25) is 5.91 Å². The SMILES string of the molecule is COc1ccc(C)cc1C(C)NC(=O)CCCCl. The Balaban J connectivity index is 2.73. The first-order valence-electron chi connectivity index (χ1n) is 6.08. The Kier molecular flexibility index (Phi) is 5.99. The van der Waals surface area contributed by atoms with E-state index >= 15 is 0 Å². The number of carbonyl (C=O) groups excluding carboxylic acids is 1. The summed E-state index contributed by atoms with van der Waals surface area (Å²) < 4.78 is 5.31. The van der Waals surface area contributed by atoms with Crippen molar-refractivity contribution in [1.82, 2.24) is 5.32 Å². The first-order valence-corrected chi connectivity index (χ1v) is 6.61. The lowest BCUT2D eigenvalue weighted by atomic mass is 10.0. The summed E-state index contributed by atoms with van der Waals surface area (Å²) >= 11 is 5.57. The van der Waals surface area contributed by atoms with Crippen LogP contribution >= 0.6 is 11.6 Å². The van der Waals surface area contributed by atoms with Crippen LogP contribution in [0.15, 0.2) is 18.2 Å². The number of amides is 1. The Morgan fingerprint density at radius 2 is 2.22 bits per heavy atom. The highest BCUT2D eigenvalue weighted by molar-refractivity contribution is 6.17. The van der Waals surface area contributed by atoms with Gasteiger partial charge in [0, 0.05) is 17.9 Å². The first kappa shape index (κ1) is 14.8. The fourth-order valence-electron chi connectivity index (χ4n) is 1.81. The largest absolute Gasteiger partial charge is 0.496 e. The van der Waals surface area contributed by atoms with Gasteiger partial charge in [0.1, 0.15) is 5.75 Å². The highest BCUT2D eigenvalue weighted by atomic mass is 35.5. The van der Waals surface area contributed by atoms with Crippen LogP contribution in [0.1, 0.15) is 36.9 Å². The third-order valence-electron chi connectivity index (χ3n) is 2.77. The van der Waals surface area contributed by atoms with E-state index in [1.165, 1.54) is 0 Å². The molecule has 1 aromatic rings. The van der Waals surface area contributed by atoms with Crippen LogP contribution in [0.5, 0.6) is 5.75 Å². The predicted molar refractivity (Wildman–Crippen MR) is 74.2 cm³/mol. The molecule has 0 aromatic heterocycles. The molecule has 0 aliphatic heterocycles. The molecule has 0 aliphatic carbocycles. The van der Waals surface area contributed by atoms with Gasteiger partial charge >= 0.3 is 0 Å². The third-order valence-corrected chi connectivity index (χ3v) is 3.03. The van der Waals surface area contributed by atoms with Gasteiger partial charge in [0.25, 0.3) is 0 Å². The maximum Gasteiger partial charge on any atom is 0.220 e. The fraction of sp³-hybridized carbons (Fsp3) is 0.500. The normalized spacial score (nSPS) is 12.0. The highest BCUT2D eigenvalue weighted by Gasteiger charge is 2.13. The Bertz CT molecular complexity index is 407. The van der Waals surface area contributed by atoms with Crippen LogP contribution in [0, 0.1) is 6.92 Å². The zero-order valence-electron chi connectivity index (χ0n) is 11.1. The van der Waals surface area contributed by atoms with Crippen molar-refractivity contribution in [2.75, 3.05) is 13.0 Å². The van der Waals surface area contributed by atoms with E-state index in [4.69, 9.17) is 16.3 Å². The molecule has 1 unspecified atom stereocenters. The van der Waals surface area contributed by atoms with Gasteiger partial charge in [-0.3, -0.25) is 4.79 Å². The minimum atomic E-state index is -0.0670. The van der Waals surface area contributed by atoms with Crippen molar-refractivity contribution in [3.8, 4) is 5.75 Å². The molecule has 18 heavy (non-hydrogen) atoms. The summed E-state index contributed by atoms with van der Waals surface area (Å²) in [7, 11) is 1.64. The van der Waals surface area contributed by atoms with E-state index < -0.39 is 0 Å². The molecule has 1 N–H and O–H groups in total. The quantitative estimate of drug-likeness (QED) is 0.806. The van der Waals surface area contributed by atoms with Gasteiger partial charge in [-0.2, -0.15) is 0 Å². The molecule has 0 radical (unpaired) electrons. The maximum absolute atomic E-state index is 11.7. The zero-order valence-corrected chi connectivity index (χ0v) is 11.9. The number of benzene rings is 1. The molecule has 0 fully saturated rings. The van der Waals surface area contributed by atoms with Crippen molar-refractivity contribution in [3.05, 3.63) is 29.3 Å². The number of nitrogens with one attached hydrogen (secondary N) is 1. The number of halogens is 1. The summed E-state index contributed by atoms with van der Waals surface area (Å²) in [5, 5.41) is 2.96. The summed E-state index contributed by atoms with van der Waals surface area (Å²) in [6.07, 6.45) is 1.16. The molecular formula is C14H20ClNO2. The number of hydrogen-bond donors (Lipinski definition) is 1. The van der Waals surface area contributed by atoms with Crippen molar-refractivity contribution < 1.29 is 9.53 Å². The number of methoxy groups -OCH3 is 1. The van der Waals surface area contributed by atoms with E-state index in [0.717, 1.165) is 16.9 Å². The van der Waals surface area contributed by atoms with Crippen molar-refractivity contribution in [3.63, 3.8) is 0 Å². The second-order valence-electron chi connectivity index (χ2n) is 4.33. The smallest absolute Gasteiger partial charge is 0.220 e. The molecule has 1 atom stereocenters. The number of aryl methyl sites for hydroxylation is 1. The second kappa shape index (κ2) is 7.27. The first-order chi connectivity index (χ1) is 8.58. The van der Waals surface area contributed by atoms with Crippen molar-refractivity contribution in [2.45, 2.75) is 32.7 Å². The molecule has 4 heteroatoms. The molecule has 1 rings (SSSR count). The van der Waals surface area contributed by atoms with Crippen LogP contribution in [0.3, 0.4) is 0 Å². The van der Waals surface area contributed by atoms with Gasteiger partial charge in [-0.1, -0.05) is 17.7 Å². The number of carbonyl (C=O) groups is 1. The molecule has 0 heterocycles. The molecule has 100 valence electrons. The topological polar surface area (TPSA) is 38.3 Å². The van der Waals surface area contributed by atoms with Crippen LogP contribution in [0.2, 0.25) is 0 Å². The molecule has 0 aliphatic rings. The summed E-state index contributed by atoms with van der Waals surface area (Å²) in [6, 6.07) is 5.88. The van der Waals surface area contributed by atoms with Crippen LogP contribution < -0.4 is 10.1 Å². The van der Waals surface area contributed by atoms with Gasteiger partial charge < -0.3 is 10.1 Å². The van der Waals surface area contributed by atoms with Gasteiger partial charge in [-0.25, -0.2) is 0 Å². The van der Waals surface area contributed by atoms with Crippen LogP contribution in [0.25, 0.3) is 0 Å². The van der Waals surface area contributed by atoms with Crippen molar-refractivity contribution in [2.24, 2.45) is 0 Å². The molecular weight excluding hydrogens is 250 g/mol. The van der Waals surface area contributed by atoms with Gasteiger partial charge in [-0.15, -0.1) is 11.6 Å². The lowest BCUT2D eigenvalue weighted by Crippen LogP contribution is -2.26. The Hall–Kier alpha value is -1.22. The van der Waals surface area contributed by atoms with E-state index in [1.54, 1.807) is 7.11 Å². The van der Waals surface area contributed by atoms with E-state index in [2.05, 4.69) is 5.32 Å². The molecule has 0 saturated heterocycles. The molecule has 3 nitrogen and oxygen atoms in total. The third kappa shape index (κ3) is 4.22. The Morgan fingerprint density at radius 3 is 2.83 bits per heavy atom. The van der Waals surface area contributed by atoms with Crippen LogP contribution in [-0.4, -0.2) is 18.9 Å². The molecule has 0 bridgehead atoms. The van der Waals surface area contributed by atoms with Gasteiger partial charge in [-0.05, 0) is 26.3 Å². The fourth-order valence-corrected chi connectivity index (χ4v) is 1.94. The summed E-state index contributed by atoms with van der Waals surface area (Å²) in [4.78, 5) is 11.7. The minimum absolute atomic E-state index is 0.0201. The summed E-state index contributed by atoms with van der Waals surface area (Å²) in [6.45, 7) is 3.97. The molecule has 0 spiro atoms. The van der Waals surface area contributed by atoms with Gasteiger partial charge in [0.15, 0.2) is 0 Å². The van der Waals surface area contributed by atoms with Crippen molar-refractivity contribution in [1.29, 1.82) is 0 Å². The number of rotatable bonds is 6.